The maximum Gasteiger partial charge on any atom is 0.251 e. The Hall–Kier alpha value is -2.22. The summed E-state index contributed by atoms with van der Waals surface area (Å²) in [5.74, 6) is -0.263. The summed E-state index contributed by atoms with van der Waals surface area (Å²) in [6.45, 7) is 4.20. The molecule has 1 atom stereocenters. The second-order valence-electron chi connectivity index (χ2n) is 6.96. The van der Waals surface area contributed by atoms with Crippen molar-refractivity contribution in [3.63, 3.8) is 0 Å². The van der Waals surface area contributed by atoms with Crippen molar-refractivity contribution in [1.29, 1.82) is 0 Å². The fraction of sp³-hybridized carbons (Fsp3) is 0.364. The van der Waals surface area contributed by atoms with Crippen LogP contribution >= 0.6 is 15.9 Å². The van der Waals surface area contributed by atoms with Crippen molar-refractivity contribution in [2.24, 2.45) is 0 Å². The minimum Gasteiger partial charge on any atom is -0.379 e. The summed E-state index contributed by atoms with van der Waals surface area (Å²) in [7, 11) is 0. The molecule has 0 unspecified atom stereocenters. The average molecular weight is 460 g/mol. The van der Waals surface area contributed by atoms with E-state index in [0.717, 1.165) is 42.9 Å². The molecule has 0 aromatic heterocycles. The first-order valence-corrected chi connectivity index (χ1v) is 10.6. The first kappa shape index (κ1) is 21.5. The van der Waals surface area contributed by atoms with Gasteiger partial charge < -0.3 is 15.4 Å². The lowest BCUT2D eigenvalue weighted by Crippen LogP contribution is -2.43. The van der Waals surface area contributed by atoms with Crippen molar-refractivity contribution in [3.8, 4) is 0 Å². The van der Waals surface area contributed by atoms with E-state index in [-0.39, 0.29) is 24.3 Å². The molecule has 0 saturated carbocycles. The second-order valence-corrected chi connectivity index (χ2v) is 7.87. The van der Waals surface area contributed by atoms with E-state index in [1.54, 1.807) is 12.1 Å². The molecular weight excluding hydrogens is 434 g/mol. The number of amides is 2. The Labute approximate surface area is 179 Å². The summed E-state index contributed by atoms with van der Waals surface area (Å²) in [5.41, 5.74) is 1.65. The van der Waals surface area contributed by atoms with Gasteiger partial charge >= 0.3 is 0 Å². The van der Waals surface area contributed by atoms with Gasteiger partial charge in [0.15, 0.2) is 0 Å². The van der Waals surface area contributed by atoms with E-state index in [4.69, 9.17) is 4.74 Å². The molecule has 6 nitrogen and oxygen atoms in total. The van der Waals surface area contributed by atoms with Crippen molar-refractivity contribution < 1.29 is 14.3 Å². The van der Waals surface area contributed by atoms with Crippen LogP contribution in [0.4, 0.5) is 0 Å². The highest BCUT2D eigenvalue weighted by Crippen LogP contribution is 2.15. The van der Waals surface area contributed by atoms with Gasteiger partial charge in [-0.2, -0.15) is 0 Å². The van der Waals surface area contributed by atoms with Gasteiger partial charge in [0.1, 0.15) is 0 Å². The van der Waals surface area contributed by atoms with Gasteiger partial charge in [0.25, 0.3) is 5.91 Å². The lowest BCUT2D eigenvalue weighted by molar-refractivity contribution is -0.121. The maximum atomic E-state index is 12.5. The van der Waals surface area contributed by atoms with Crippen LogP contribution < -0.4 is 10.6 Å². The first-order chi connectivity index (χ1) is 14.1. The number of nitrogens with one attached hydrogen (secondary N) is 2. The van der Waals surface area contributed by atoms with Crippen LogP contribution in [0.25, 0.3) is 0 Å². The van der Waals surface area contributed by atoms with E-state index in [1.165, 1.54) is 0 Å². The highest BCUT2D eigenvalue weighted by Gasteiger charge is 2.20. The smallest absolute Gasteiger partial charge is 0.251 e. The van der Waals surface area contributed by atoms with E-state index >= 15 is 0 Å². The highest BCUT2D eigenvalue weighted by molar-refractivity contribution is 9.10. The van der Waals surface area contributed by atoms with Crippen molar-refractivity contribution in [2.75, 3.05) is 39.4 Å². The van der Waals surface area contributed by atoms with Gasteiger partial charge in [-0.3, -0.25) is 14.5 Å². The molecular formula is C22H26BrN3O3. The molecule has 154 valence electrons. The summed E-state index contributed by atoms with van der Waals surface area (Å²) < 4.78 is 6.33. The molecule has 3 rings (SSSR count). The number of carbonyl (C=O) groups is 2. The minimum absolute atomic E-state index is 0.0804. The number of benzene rings is 2. The fourth-order valence-corrected chi connectivity index (χ4v) is 3.49. The fourth-order valence-electron chi connectivity index (χ4n) is 3.22. The van der Waals surface area contributed by atoms with E-state index < -0.39 is 0 Å². The van der Waals surface area contributed by atoms with Gasteiger partial charge in [-0.25, -0.2) is 0 Å². The number of morpholine rings is 1. The van der Waals surface area contributed by atoms with Crippen molar-refractivity contribution in [1.82, 2.24) is 15.5 Å². The molecule has 0 radical (unpaired) electrons. The second kappa shape index (κ2) is 11.1. The molecule has 2 amide bonds. The lowest BCUT2D eigenvalue weighted by Gasteiger charge is -2.31. The molecule has 0 bridgehead atoms. The van der Waals surface area contributed by atoms with Crippen LogP contribution in [-0.4, -0.2) is 56.1 Å². The number of nitrogens with zero attached hydrogens (tertiary/aromatic N) is 1. The third-order valence-electron chi connectivity index (χ3n) is 4.83. The SMILES string of the molecule is O=C(CCNC(=O)c1ccc(Br)cc1)N[C@H](CN1CCOCC1)c1ccccc1. The zero-order valence-corrected chi connectivity index (χ0v) is 17.9. The molecule has 2 aromatic rings. The van der Waals surface area contributed by atoms with E-state index in [2.05, 4.69) is 31.5 Å². The standard InChI is InChI=1S/C22H26BrN3O3/c23-19-8-6-18(7-9-19)22(28)24-11-10-21(27)25-20(17-4-2-1-3-5-17)16-26-12-14-29-15-13-26/h1-9,20H,10-16H2,(H,24,28)(H,25,27)/t20-/m1/s1. The number of rotatable bonds is 8. The van der Waals surface area contributed by atoms with Gasteiger partial charge in [-0.15, -0.1) is 0 Å². The summed E-state index contributed by atoms with van der Waals surface area (Å²) in [6.07, 6.45) is 0.231. The first-order valence-electron chi connectivity index (χ1n) is 9.80. The molecule has 0 spiro atoms. The van der Waals surface area contributed by atoms with Gasteiger partial charge in [-0.1, -0.05) is 46.3 Å². The van der Waals surface area contributed by atoms with Crippen LogP contribution in [0.5, 0.6) is 0 Å². The van der Waals surface area contributed by atoms with Gasteiger partial charge in [0.05, 0.1) is 19.3 Å². The average Bonchev–Trinajstić information content (AvgIpc) is 2.75. The molecule has 1 heterocycles. The maximum absolute atomic E-state index is 12.5. The monoisotopic (exact) mass is 459 g/mol. The Morgan fingerprint density at radius 3 is 2.41 bits per heavy atom. The zero-order chi connectivity index (χ0) is 20.5. The van der Waals surface area contributed by atoms with E-state index in [0.29, 0.717) is 12.1 Å². The molecule has 0 aliphatic carbocycles. The molecule has 2 aromatic carbocycles. The number of hydrogen-bond acceptors (Lipinski definition) is 4. The molecule has 1 aliphatic heterocycles. The largest absolute Gasteiger partial charge is 0.379 e. The van der Waals surface area contributed by atoms with Gasteiger partial charge in [0, 0.05) is 42.6 Å². The third-order valence-corrected chi connectivity index (χ3v) is 5.35. The molecule has 1 saturated heterocycles. The normalized spacial score (nSPS) is 15.5. The molecule has 2 N–H and O–H groups in total. The Morgan fingerprint density at radius 1 is 1.03 bits per heavy atom. The zero-order valence-electron chi connectivity index (χ0n) is 16.3. The summed E-state index contributed by atoms with van der Waals surface area (Å²) in [6, 6.07) is 17.0. The van der Waals surface area contributed by atoms with Crippen LogP contribution in [0.15, 0.2) is 59.1 Å². The number of halogens is 1. The summed E-state index contributed by atoms with van der Waals surface area (Å²) in [5, 5.41) is 5.92. The van der Waals surface area contributed by atoms with Crippen molar-refractivity contribution >= 4 is 27.7 Å². The topological polar surface area (TPSA) is 70.7 Å². The van der Waals surface area contributed by atoms with Crippen LogP contribution in [0.1, 0.15) is 28.4 Å². The predicted molar refractivity (Wildman–Crippen MR) is 116 cm³/mol. The summed E-state index contributed by atoms with van der Waals surface area (Å²) in [4.78, 5) is 27.0. The van der Waals surface area contributed by atoms with Crippen LogP contribution in [-0.2, 0) is 9.53 Å². The molecule has 1 aliphatic rings. The lowest BCUT2D eigenvalue weighted by atomic mass is 10.1. The molecule has 1 fully saturated rings. The van der Waals surface area contributed by atoms with Gasteiger partial charge in [-0.05, 0) is 29.8 Å². The van der Waals surface area contributed by atoms with E-state index in [1.807, 2.05) is 42.5 Å². The Morgan fingerprint density at radius 2 is 1.72 bits per heavy atom. The number of ether oxygens (including phenoxy) is 1. The molecule has 7 heteroatoms. The predicted octanol–water partition coefficient (Wildman–Crippen LogP) is 2.76. The van der Waals surface area contributed by atoms with Crippen molar-refractivity contribution in [2.45, 2.75) is 12.5 Å². The highest BCUT2D eigenvalue weighted by atomic mass is 79.9. The Balaban J connectivity index is 1.51. The van der Waals surface area contributed by atoms with Crippen molar-refractivity contribution in [3.05, 3.63) is 70.2 Å². The third kappa shape index (κ3) is 6.96. The quantitative estimate of drug-likeness (QED) is 0.636. The van der Waals surface area contributed by atoms with E-state index in [9.17, 15) is 9.59 Å². The Bertz CT molecular complexity index is 793. The molecule has 29 heavy (non-hydrogen) atoms. The minimum atomic E-state index is -0.182. The van der Waals surface area contributed by atoms with Crippen LogP contribution in [0, 0.1) is 0 Å². The van der Waals surface area contributed by atoms with Crippen LogP contribution in [0.3, 0.4) is 0 Å². The summed E-state index contributed by atoms with van der Waals surface area (Å²) >= 11 is 3.35. The van der Waals surface area contributed by atoms with Gasteiger partial charge in [0.2, 0.25) is 5.91 Å². The number of carbonyl (C=O) groups excluding carboxylic acids is 2. The Kier molecular flexibility index (Phi) is 8.22. The number of hydrogen-bond donors (Lipinski definition) is 2. The van der Waals surface area contributed by atoms with Crippen LogP contribution in [0.2, 0.25) is 0 Å².